The smallest absolute Gasteiger partial charge is 0.306 e. The van der Waals surface area contributed by atoms with Crippen molar-refractivity contribution >= 4 is 11.9 Å². The van der Waals surface area contributed by atoms with Gasteiger partial charge in [-0.1, -0.05) is 18.2 Å². The lowest BCUT2D eigenvalue weighted by atomic mass is 10.1. The highest BCUT2D eigenvalue weighted by Crippen LogP contribution is 2.20. The van der Waals surface area contributed by atoms with E-state index in [1.165, 1.54) is 0 Å². The van der Waals surface area contributed by atoms with E-state index in [2.05, 4.69) is 0 Å². The van der Waals surface area contributed by atoms with Gasteiger partial charge in [-0.15, -0.1) is 0 Å². The van der Waals surface area contributed by atoms with Gasteiger partial charge in [0.15, 0.2) is 0 Å². The zero-order valence-electron chi connectivity index (χ0n) is 13.4. The molecular weight excluding hydrogens is 298 g/mol. The maximum Gasteiger partial charge on any atom is 0.306 e. The first-order valence-electron chi connectivity index (χ1n) is 7.92. The number of benzene rings is 1. The number of aryl methyl sites for hydroxylation is 1. The Balaban J connectivity index is 1.88. The van der Waals surface area contributed by atoms with Gasteiger partial charge in [-0.3, -0.25) is 9.59 Å². The largest absolute Gasteiger partial charge is 0.494 e. The number of aliphatic carboxylic acids is 1. The van der Waals surface area contributed by atoms with Crippen molar-refractivity contribution in [2.24, 2.45) is 0 Å². The lowest BCUT2D eigenvalue weighted by Crippen LogP contribution is -2.46. The van der Waals surface area contributed by atoms with Crippen molar-refractivity contribution in [3.63, 3.8) is 0 Å². The van der Waals surface area contributed by atoms with Crippen LogP contribution in [0.2, 0.25) is 0 Å². The Morgan fingerprint density at radius 1 is 1.39 bits per heavy atom. The van der Waals surface area contributed by atoms with E-state index in [0.29, 0.717) is 39.1 Å². The highest BCUT2D eigenvalue weighted by molar-refractivity contribution is 5.77. The van der Waals surface area contributed by atoms with Crippen LogP contribution in [-0.4, -0.2) is 54.3 Å². The summed E-state index contributed by atoms with van der Waals surface area (Å²) in [5.41, 5.74) is 1.01. The van der Waals surface area contributed by atoms with Crippen LogP contribution in [0.3, 0.4) is 0 Å². The number of carboxylic acid groups (broad SMARTS) is 1. The van der Waals surface area contributed by atoms with Crippen LogP contribution in [0, 0.1) is 0 Å². The molecule has 0 spiro atoms. The van der Waals surface area contributed by atoms with Crippen LogP contribution in [0.4, 0.5) is 0 Å². The van der Waals surface area contributed by atoms with Gasteiger partial charge >= 0.3 is 5.97 Å². The molecule has 0 radical (unpaired) electrons. The molecule has 0 unspecified atom stereocenters. The molecule has 1 aromatic carbocycles. The van der Waals surface area contributed by atoms with Crippen molar-refractivity contribution in [1.82, 2.24) is 4.90 Å². The number of hydrogen-bond acceptors (Lipinski definition) is 4. The van der Waals surface area contributed by atoms with E-state index in [1.807, 2.05) is 31.2 Å². The molecule has 1 aromatic rings. The second kappa shape index (κ2) is 8.53. The van der Waals surface area contributed by atoms with Gasteiger partial charge < -0.3 is 19.5 Å². The van der Waals surface area contributed by atoms with E-state index in [-0.39, 0.29) is 12.3 Å². The van der Waals surface area contributed by atoms with Gasteiger partial charge in [0.2, 0.25) is 5.91 Å². The van der Waals surface area contributed by atoms with Gasteiger partial charge in [0, 0.05) is 19.5 Å². The minimum atomic E-state index is -0.907. The molecule has 6 heteroatoms. The molecule has 1 amide bonds. The predicted octanol–water partition coefficient (Wildman–Crippen LogP) is 1.72. The van der Waals surface area contributed by atoms with Crippen LogP contribution in [0.1, 0.15) is 25.3 Å². The number of carbonyl (C=O) groups is 2. The summed E-state index contributed by atoms with van der Waals surface area (Å²) < 4.78 is 11.0. The van der Waals surface area contributed by atoms with Gasteiger partial charge in [0.1, 0.15) is 5.75 Å². The van der Waals surface area contributed by atoms with E-state index in [0.717, 1.165) is 11.3 Å². The van der Waals surface area contributed by atoms with Gasteiger partial charge in [-0.05, 0) is 25.0 Å². The first-order valence-corrected chi connectivity index (χ1v) is 7.92. The maximum atomic E-state index is 12.4. The fourth-order valence-electron chi connectivity index (χ4n) is 2.67. The molecule has 2 rings (SSSR count). The number of carbonyl (C=O) groups excluding carboxylic acids is 1. The van der Waals surface area contributed by atoms with Crippen LogP contribution < -0.4 is 4.74 Å². The number of amides is 1. The monoisotopic (exact) mass is 321 g/mol. The number of carboxylic acids is 1. The standard InChI is InChI=1S/C17H23NO5/c1-2-22-15-6-4-3-5-13(15)7-8-16(19)18-9-10-23-14(12-18)11-17(20)21/h3-6,14H,2,7-12H2,1H3,(H,20,21)/t14-/m1/s1. The normalized spacial score (nSPS) is 17.8. The highest BCUT2D eigenvalue weighted by atomic mass is 16.5. The third-order valence-electron chi connectivity index (χ3n) is 3.77. The van der Waals surface area contributed by atoms with Crippen molar-refractivity contribution in [2.75, 3.05) is 26.3 Å². The highest BCUT2D eigenvalue weighted by Gasteiger charge is 2.25. The zero-order valence-corrected chi connectivity index (χ0v) is 13.4. The molecule has 1 heterocycles. The number of rotatable bonds is 7. The van der Waals surface area contributed by atoms with Gasteiger partial charge in [-0.2, -0.15) is 0 Å². The molecule has 1 aliphatic heterocycles. The lowest BCUT2D eigenvalue weighted by Gasteiger charge is -2.32. The molecule has 1 atom stereocenters. The summed E-state index contributed by atoms with van der Waals surface area (Å²) in [6, 6.07) is 7.71. The zero-order chi connectivity index (χ0) is 16.7. The van der Waals surface area contributed by atoms with E-state index < -0.39 is 12.1 Å². The summed E-state index contributed by atoms with van der Waals surface area (Å²) in [5, 5.41) is 8.83. The molecule has 126 valence electrons. The first-order chi connectivity index (χ1) is 11.1. The molecule has 23 heavy (non-hydrogen) atoms. The predicted molar refractivity (Wildman–Crippen MR) is 84.5 cm³/mol. The maximum absolute atomic E-state index is 12.4. The number of ether oxygens (including phenoxy) is 2. The molecule has 1 aliphatic rings. The Morgan fingerprint density at radius 2 is 2.17 bits per heavy atom. The van der Waals surface area contributed by atoms with Crippen LogP contribution >= 0.6 is 0 Å². The van der Waals surface area contributed by atoms with Crippen molar-refractivity contribution in [3.05, 3.63) is 29.8 Å². The Hall–Kier alpha value is -2.08. The molecular formula is C17H23NO5. The molecule has 0 aromatic heterocycles. The molecule has 6 nitrogen and oxygen atoms in total. The van der Waals surface area contributed by atoms with Crippen LogP contribution in [0.25, 0.3) is 0 Å². The molecule has 0 bridgehead atoms. The summed E-state index contributed by atoms with van der Waals surface area (Å²) in [6.45, 7) is 3.77. The number of hydrogen-bond donors (Lipinski definition) is 1. The third kappa shape index (κ3) is 5.25. The van der Waals surface area contributed by atoms with Crippen LogP contribution in [-0.2, 0) is 20.7 Å². The quantitative estimate of drug-likeness (QED) is 0.827. The van der Waals surface area contributed by atoms with Gasteiger partial charge in [-0.25, -0.2) is 0 Å². The van der Waals surface area contributed by atoms with E-state index >= 15 is 0 Å². The van der Waals surface area contributed by atoms with Crippen molar-refractivity contribution in [1.29, 1.82) is 0 Å². The summed E-state index contributed by atoms with van der Waals surface area (Å²) in [5.74, 6) is -0.0709. The Kier molecular flexibility index (Phi) is 6.40. The van der Waals surface area contributed by atoms with E-state index in [4.69, 9.17) is 14.6 Å². The average Bonchev–Trinajstić information content (AvgIpc) is 2.53. The summed E-state index contributed by atoms with van der Waals surface area (Å²) in [6.07, 6.45) is 0.498. The SMILES string of the molecule is CCOc1ccccc1CCC(=O)N1CCO[C@H](CC(=O)O)C1. The average molecular weight is 321 g/mol. The first kappa shape index (κ1) is 17.3. The molecule has 0 saturated carbocycles. The second-order valence-electron chi connectivity index (χ2n) is 5.47. The summed E-state index contributed by atoms with van der Waals surface area (Å²) in [4.78, 5) is 24.8. The summed E-state index contributed by atoms with van der Waals surface area (Å²) in [7, 11) is 0. The minimum Gasteiger partial charge on any atom is -0.494 e. The van der Waals surface area contributed by atoms with Gasteiger partial charge in [0.25, 0.3) is 0 Å². The van der Waals surface area contributed by atoms with Crippen molar-refractivity contribution in [2.45, 2.75) is 32.3 Å². The Labute approximate surface area is 136 Å². The molecule has 1 fully saturated rings. The lowest BCUT2D eigenvalue weighted by molar-refractivity contribution is -0.147. The Morgan fingerprint density at radius 3 is 2.91 bits per heavy atom. The molecule has 0 aliphatic carbocycles. The fourth-order valence-corrected chi connectivity index (χ4v) is 2.67. The fraction of sp³-hybridized carbons (Fsp3) is 0.529. The van der Waals surface area contributed by atoms with Gasteiger partial charge in [0.05, 0.1) is 25.7 Å². The summed E-state index contributed by atoms with van der Waals surface area (Å²) >= 11 is 0. The third-order valence-corrected chi connectivity index (χ3v) is 3.77. The molecule has 1 saturated heterocycles. The van der Waals surface area contributed by atoms with Crippen molar-refractivity contribution in [3.8, 4) is 5.75 Å². The van der Waals surface area contributed by atoms with E-state index in [1.54, 1.807) is 4.90 Å². The van der Waals surface area contributed by atoms with Crippen molar-refractivity contribution < 1.29 is 24.2 Å². The van der Waals surface area contributed by atoms with E-state index in [9.17, 15) is 9.59 Å². The topological polar surface area (TPSA) is 76.1 Å². The second-order valence-corrected chi connectivity index (χ2v) is 5.47. The Bertz CT molecular complexity index is 546. The number of morpholine rings is 1. The number of para-hydroxylation sites is 1. The van der Waals surface area contributed by atoms with Crippen LogP contribution in [0.15, 0.2) is 24.3 Å². The molecule has 1 N–H and O–H groups in total. The van der Waals surface area contributed by atoms with Crippen LogP contribution in [0.5, 0.6) is 5.75 Å². The minimum absolute atomic E-state index is 0.0231. The number of nitrogens with zero attached hydrogens (tertiary/aromatic N) is 1.